The molecule has 0 N–H and O–H groups in total. The van der Waals surface area contributed by atoms with Gasteiger partial charge in [-0.1, -0.05) is 0 Å². The van der Waals surface area contributed by atoms with Crippen LogP contribution >= 0.6 is 0 Å². The first-order valence-electron chi connectivity index (χ1n) is 2.28. The highest BCUT2D eigenvalue weighted by Crippen LogP contribution is 2.08. The van der Waals surface area contributed by atoms with Gasteiger partial charge in [-0.3, -0.25) is 0 Å². The number of methoxy groups -OCH3 is 1. The van der Waals surface area contributed by atoms with Gasteiger partial charge >= 0.3 is 0 Å². The van der Waals surface area contributed by atoms with E-state index in [0.717, 1.165) is 18.8 Å². The molecular formula is C5H8O2. The Hall–Kier alpha value is -0.660. The highest BCUT2D eigenvalue weighted by molar-refractivity contribution is 4.91. The predicted octanol–water partition coefficient (Wildman–Crippen LogP) is 0.895. The van der Waals surface area contributed by atoms with Crippen LogP contribution in [0.3, 0.4) is 0 Å². The second-order valence-electron chi connectivity index (χ2n) is 1.41. The van der Waals surface area contributed by atoms with Crippen LogP contribution in [0.4, 0.5) is 0 Å². The molecule has 0 spiro atoms. The van der Waals surface area contributed by atoms with Gasteiger partial charge in [-0.25, -0.2) is 0 Å². The molecule has 0 bridgehead atoms. The summed E-state index contributed by atoms with van der Waals surface area (Å²) in [5, 5.41) is 0. The van der Waals surface area contributed by atoms with Gasteiger partial charge in [0.2, 0.25) is 0 Å². The SMILES string of the molecule is COC1=COCC1. The molecule has 1 aliphatic heterocycles. The third-order valence-electron chi connectivity index (χ3n) is 0.943. The van der Waals surface area contributed by atoms with Crippen molar-refractivity contribution in [3.63, 3.8) is 0 Å². The van der Waals surface area contributed by atoms with Gasteiger partial charge in [-0.15, -0.1) is 0 Å². The Balaban J connectivity index is 2.36. The normalized spacial score (nSPS) is 18.1. The smallest absolute Gasteiger partial charge is 0.133 e. The summed E-state index contributed by atoms with van der Waals surface area (Å²) in [6.45, 7) is 0.781. The fourth-order valence-electron chi connectivity index (χ4n) is 0.520. The first-order chi connectivity index (χ1) is 3.43. The van der Waals surface area contributed by atoms with Gasteiger partial charge in [0.15, 0.2) is 0 Å². The molecule has 0 aromatic rings. The maximum atomic E-state index is 4.86. The van der Waals surface area contributed by atoms with E-state index in [1.54, 1.807) is 13.4 Å². The van der Waals surface area contributed by atoms with Gasteiger partial charge in [0.05, 0.1) is 13.7 Å². The lowest BCUT2D eigenvalue weighted by atomic mass is 10.4. The second-order valence-corrected chi connectivity index (χ2v) is 1.41. The molecule has 1 heterocycles. The lowest BCUT2D eigenvalue weighted by Gasteiger charge is -1.91. The molecule has 0 aromatic carbocycles. The third kappa shape index (κ3) is 0.856. The average molecular weight is 100 g/mol. The molecule has 0 amide bonds. The van der Waals surface area contributed by atoms with Crippen LogP contribution in [-0.2, 0) is 9.47 Å². The molecule has 1 rings (SSSR count). The number of ether oxygens (including phenoxy) is 2. The van der Waals surface area contributed by atoms with Crippen molar-refractivity contribution in [3.05, 3.63) is 12.0 Å². The molecule has 0 saturated carbocycles. The summed E-state index contributed by atoms with van der Waals surface area (Å²) in [5.41, 5.74) is 0. The van der Waals surface area contributed by atoms with E-state index in [9.17, 15) is 0 Å². The molecule has 0 radical (unpaired) electrons. The highest BCUT2D eigenvalue weighted by atomic mass is 16.5. The second kappa shape index (κ2) is 1.87. The zero-order valence-electron chi connectivity index (χ0n) is 4.31. The molecular weight excluding hydrogens is 92.1 g/mol. The molecule has 0 aromatic heterocycles. The Bertz CT molecular complexity index is 86.1. The molecule has 40 valence electrons. The minimum atomic E-state index is 0.781. The van der Waals surface area contributed by atoms with E-state index in [1.807, 2.05) is 0 Å². The van der Waals surface area contributed by atoms with Crippen molar-refractivity contribution in [1.29, 1.82) is 0 Å². The molecule has 2 heteroatoms. The van der Waals surface area contributed by atoms with E-state index in [2.05, 4.69) is 0 Å². The Labute approximate surface area is 42.7 Å². The van der Waals surface area contributed by atoms with Crippen LogP contribution in [0, 0.1) is 0 Å². The van der Waals surface area contributed by atoms with Crippen molar-refractivity contribution < 1.29 is 9.47 Å². The van der Waals surface area contributed by atoms with Crippen molar-refractivity contribution in [1.82, 2.24) is 0 Å². The van der Waals surface area contributed by atoms with Crippen molar-refractivity contribution in [2.75, 3.05) is 13.7 Å². The monoisotopic (exact) mass is 100 g/mol. The largest absolute Gasteiger partial charge is 0.498 e. The first kappa shape index (κ1) is 4.50. The van der Waals surface area contributed by atoms with Crippen LogP contribution in [0.1, 0.15) is 6.42 Å². The summed E-state index contributed by atoms with van der Waals surface area (Å²) < 4.78 is 9.71. The summed E-state index contributed by atoms with van der Waals surface area (Å²) in [6, 6.07) is 0. The molecule has 0 unspecified atom stereocenters. The summed E-state index contributed by atoms with van der Waals surface area (Å²) >= 11 is 0. The molecule has 2 nitrogen and oxygen atoms in total. The van der Waals surface area contributed by atoms with Crippen LogP contribution in [0.25, 0.3) is 0 Å². The van der Waals surface area contributed by atoms with Gasteiger partial charge in [-0.2, -0.15) is 0 Å². The van der Waals surface area contributed by atoms with E-state index in [4.69, 9.17) is 9.47 Å². The standard InChI is InChI=1S/C5H8O2/c1-6-5-2-3-7-4-5/h4H,2-3H2,1H3. The Kier molecular flexibility index (Phi) is 1.20. The maximum Gasteiger partial charge on any atom is 0.133 e. The molecule has 0 atom stereocenters. The van der Waals surface area contributed by atoms with E-state index in [-0.39, 0.29) is 0 Å². The summed E-state index contributed by atoms with van der Waals surface area (Å²) in [7, 11) is 1.65. The van der Waals surface area contributed by atoms with Crippen LogP contribution in [0.2, 0.25) is 0 Å². The van der Waals surface area contributed by atoms with Crippen LogP contribution in [0.5, 0.6) is 0 Å². The summed E-state index contributed by atoms with van der Waals surface area (Å²) in [4.78, 5) is 0. The molecule has 0 fully saturated rings. The Morgan fingerprint density at radius 1 is 1.86 bits per heavy atom. The van der Waals surface area contributed by atoms with Gasteiger partial charge in [0, 0.05) is 6.42 Å². The van der Waals surface area contributed by atoms with Crippen molar-refractivity contribution in [3.8, 4) is 0 Å². The molecule has 0 aliphatic carbocycles. The van der Waals surface area contributed by atoms with E-state index >= 15 is 0 Å². The van der Waals surface area contributed by atoms with Crippen LogP contribution < -0.4 is 0 Å². The number of hydrogen-bond donors (Lipinski definition) is 0. The summed E-state index contributed by atoms with van der Waals surface area (Å²) in [5.74, 6) is 0.944. The lowest BCUT2D eigenvalue weighted by Crippen LogP contribution is -1.80. The van der Waals surface area contributed by atoms with Gasteiger partial charge in [0.1, 0.15) is 12.0 Å². The van der Waals surface area contributed by atoms with Crippen molar-refractivity contribution >= 4 is 0 Å². The van der Waals surface area contributed by atoms with Gasteiger partial charge in [-0.05, 0) is 0 Å². The molecule has 0 saturated heterocycles. The summed E-state index contributed by atoms with van der Waals surface area (Å²) in [6.07, 6.45) is 2.58. The highest BCUT2D eigenvalue weighted by Gasteiger charge is 2.02. The fourth-order valence-corrected chi connectivity index (χ4v) is 0.520. The number of hydrogen-bond acceptors (Lipinski definition) is 2. The van der Waals surface area contributed by atoms with Crippen LogP contribution in [-0.4, -0.2) is 13.7 Å². The van der Waals surface area contributed by atoms with E-state index in [0.29, 0.717) is 0 Å². The third-order valence-corrected chi connectivity index (χ3v) is 0.943. The fraction of sp³-hybridized carbons (Fsp3) is 0.600. The van der Waals surface area contributed by atoms with E-state index in [1.165, 1.54) is 0 Å². The average Bonchev–Trinajstić information content (AvgIpc) is 2.14. The zero-order valence-corrected chi connectivity index (χ0v) is 4.31. The lowest BCUT2D eigenvalue weighted by molar-refractivity contribution is 0.281. The number of rotatable bonds is 1. The topological polar surface area (TPSA) is 18.5 Å². The minimum absolute atomic E-state index is 0.781. The Morgan fingerprint density at radius 2 is 2.71 bits per heavy atom. The quantitative estimate of drug-likeness (QED) is 0.487. The molecule has 1 aliphatic rings. The molecule has 7 heavy (non-hydrogen) atoms. The van der Waals surface area contributed by atoms with Crippen molar-refractivity contribution in [2.24, 2.45) is 0 Å². The zero-order chi connectivity index (χ0) is 5.11. The van der Waals surface area contributed by atoms with Crippen LogP contribution in [0.15, 0.2) is 12.0 Å². The Morgan fingerprint density at radius 3 is 3.00 bits per heavy atom. The van der Waals surface area contributed by atoms with Gasteiger partial charge in [0.25, 0.3) is 0 Å². The van der Waals surface area contributed by atoms with Gasteiger partial charge < -0.3 is 9.47 Å². The van der Waals surface area contributed by atoms with E-state index < -0.39 is 0 Å². The first-order valence-corrected chi connectivity index (χ1v) is 2.28. The maximum absolute atomic E-state index is 4.86. The minimum Gasteiger partial charge on any atom is -0.498 e. The predicted molar refractivity (Wildman–Crippen MR) is 25.7 cm³/mol. The van der Waals surface area contributed by atoms with Crippen molar-refractivity contribution in [2.45, 2.75) is 6.42 Å².